The molecule has 19 heavy (non-hydrogen) atoms. The van der Waals surface area contributed by atoms with Gasteiger partial charge in [-0.15, -0.1) is 5.10 Å². The van der Waals surface area contributed by atoms with Crippen LogP contribution in [0.5, 0.6) is 0 Å². The van der Waals surface area contributed by atoms with Crippen LogP contribution in [0.1, 0.15) is 12.5 Å². The number of hydrogen-bond donors (Lipinski definition) is 1. The third-order valence-corrected chi connectivity index (χ3v) is 3.60. The zero-order valence-corrected chi connectivity index (χ0v) is 11.7. The molecule has 0 fully saturated rings. The predicted octanol–water partition coefficient (Wildman–Crippen LogP) is 2.02. The molecule has 6 heteroatoms. The van der Waals surface area contributed by atoms with Crippen molar-refractivity contribution in [3.05, 3.63) is 42.2 Å². The van der Waals surface area contributed by atoms with E-state index in [-0.39, 0.29) is 11.2 Å². The summed E-state index contributed by atoms with van der Waals surface area (Å²) in [4.78, 5) is 15.8. The molecule has 1 atom stereocenters. The third-order valence-electron chi connectivity index (χ3n) is 2.68. The van der Waals surface area contributed by atoms with Crippen molar-refractivity contribution in [2.75, 3.05) is 11.6 Å². The van der Waals surface area contributed by atoms with E-state index in [1.54, 1.807) is 11.0 Å². The Hall–Kier alpha value is -1.82. The summed E-state index contributed by atoms with van der Waals surface area (Å²) in [6.07, 6.45) is 3.51. The van der Waals surface area contributed by atoms with Crippen LogP contribution < -0.4 is 5.32 Å². The van der Waals surface area contributed by atoms with Gasteiger partial charge < -0.3 is 0 Å². The number of carbonyl (C=O) groups excluding carboxylic acids is 1. The van der Waals surface area contributed by atoms with Gasteiger partial charge in [0.25, 0.3) is 0 Å². The van der Waals surface area contributed by atoms with Gasteiger partial charge in [0.1, 0.15) is 6.33 Å². The largest absolute Gasteiger partial charge is 0.292 e. The summed E-state index contributed by atoms with van der Waals surface area (Å²) in [6.45, 7) is 2.49. The van der Waals surface area contributed by atoms with Crippen molar-refractivity contribution in [1.29, 1.82) is 0 Å². The van der Waals surface area contributed by atoms with Gasteiger partial charge in [-0.3, -0.25) is 10.1 Å². The highest BCUT2D eigenvalue weighted by molar-refractivity contribution is 7.99. The van der Waals surface area contributed by atoms with E-state index < -0.39 is 0 Å². The van der Waals surface area contributed by atoms with Gasteiger partial charge in [0.05, 0.1) is 11.8 Å². The molecular weight excluding hydrogens is 260 g/mol. The normalized spacial score (nSPS) is 12.1. The first-order valence-corrected chi connectivity index (χ1v) is 7.25. The Bertz CT molecular complexity index is 541. The van der Waals surface area contributed by atoms with Crippen molar-refractivity contribution < 1.29 is 4.79 Å². The van der Waals surface area contributed by atoms with Gasteiger partial charge in [0, 0.05) is 0 Å². The summed E-state index contributed by atoms with van der Waals surface area (Å²) in [6, 6.07) is 9.98. The minimum atomic E-state index is -0.110. The number of rotatable bonds is 5. The van der Waals surface area contributed by atoms with Crippen LogP contribution in [0, 0.1) is 0 Å². The van der Waals surface area contributed by atoms with Crippen LogP contribution >= 0.6 is 11.8 Å². The number of nitrogens with zero attached hydrogens (tertiary/aromatic N) is 3. The molecule has 1 aromatic heterocycles. The molecule has 1 aromatic carbocycles. The fraction of sp³-hybridized carbons (Fsp3) is 0.308. The molecule has 0 spiro atoms. The van der Waals surface area contributed by atoms with E-state index in [9.17, 15) is 4.79 Å². The number of amides is 1. The zero-order chi connectivity index (χ0) is 13.7. The molecule has 100 valence electrons. The first-order valence-electron chi connectivity index (χ1n) is 5.96. The zero-order valence-electron chi connectivity index (χ0n) is 10.9. The second kappa shape index (κ2) is 6.38. The lowest BCUT2D eigenvalue weighted by Gasteiger charge is -2.06. The van der Waals surface area contributed by atoms with E-state index in [1.165, 1.54) is 11.8 Å². The molecule has 0 aliphatic heterocycles. The van der Waals surface area contributed by atoms with Crippen molar-refractivity contribution >= 4 is 23.6 Å². The maximum absolute atomic E-state index is 11.7. The van der Waals surface area contributed by atoms with E-state index in [0.29, 0.717) is 12.5 Å². The summed E-state index contributed by atoms with van der Waals surface area (Å²) in [5, 5.41) is 6.81. The lowest BCUT2D eigenvalue weighted by molar-refractivity contribution is -0.115. The highest BCUT2D eigenvalue weighted by Crippen LogP contribution is 2.08. The molecule has 0 saturated heterocycles. The van der Waals surface area contributed by atoms with Gasteiger partial charge >= 0.3 is 0 Å². The SMILES string of the molecule is CSC(C)C(=O)Nc1ncn(Cc2ccccc2)n1. The van der Waals surface area contributed by atoms with Gasteiger partial charge in [0.2, 0.25) is 11.9 Å². The molecule has 2 rings (SSSR count). The van der Waals surface area contributed by atoms with Crippen molar-refractivity contribution in [3.63, 3.8) is 0 Å². The van der Waals surface area contributed by atoms with E-state index >= 15 is 0 Å². The number of carbonyl (C=O) groups is 1. The number of anilines is 1. The van der Waals surface area contributed by atoms with Gasteiger partial charge in [-0.05, 0) is 18.7 Å². The summed E-state index contributed by atoms with van der Waals surface area (Å²) in [5.41, 5.74) is 1.14. The smallest absolute Gasteiger partial charge is 0.248 e. The Balaban J connectivity index is 1.98. The number of hydrogen-bond acceptors (Lipinski definition) is 4. The van der Waals surface area contributed by atoms with Crippen LogP contribution in [0.4, 0.5) is 5.95 Å². The van der Waals surface area contributed by atoms with Crippen molar-refractivity contribution in [2.45, 2.75) is 18.7 Å². The highest BCUT2D eigenvalue weighted by atomic mass is 32.2. The summed E-state index contributed by atoms with van der Waals surface area (Å²) in [5.74, 6) is 0.270. The number of nitrogens with one attached hydrogen (secondary N) is 1. The molecule has 1 amide bonds. The maximum Gasteiger partial charge on any atom is 0.248 e. The van der Waals surface area contributed by atoms with Crippen LogP contribution in [0.3, 0.4) is 0 Å². The maximum atomic E-state index is 11.7. The van der Waals surface area contributed by atoms with Gasteiger partial charge in [-0.25, -0.2) is 9.67 Å². The Morgan fingerprint density at radius 1 is 1.42 bits per heavy atom. The summed E-state index contributed by atoms with van der Waals surface area (Å²) >= 11 is 1.49. The molecule has 0 aliphatic rings. The second-order valence-electron chi connectivity index (χ2n) is 4.12. The van der Waals surface area contributed by atoms with E-state index in [0.717, 1.165) is 5.56 Å². The monoisotopic (exact) mass is 276 g/mol. The Kier molecular flexibility index (Phi) is 4.57. The summed E-state index contributed by atoms with van der Waals surface area (Å²) in [7, 11) is 0. The third kappa shape index (κ3) is 3.82. The average Bonchev–Trinajstić information content (AvgIpc) is 2.86. The molecule has 0 radical (unpaired) electrons. The fourth-order valence-electron chi connectivity index (χ4n) is 1.52. The van der Waals surface area contributed by atoms with Gasteiger partial charge in [-0.1, -0.05) is 30.3 Å². The van der Waals surface area contributed by atoms with Crippen LogP contribution in [0.2, 0.25) is 0 Å². The van der Waals surface area contributed by atoms with Crippen molar-refractivity contribution in [1.82, 2.24) is 14.8 Å². The van der Waals surface area contributed by atoms with Crippen molar-refractivity contribution in [2.24, 2.45) is 0 Å². The first-order chi connectivity index (χ1) is 9.19. The fourth-order valence-corrected chi connectivity index (χ4v) is 1.79. The molecule has 1 unspecified atom stereocenters. The molecule has 1 N–H and O–H groups in total. The van der Waals surface area contributed by atoms with E-state index in [4.69, 9.17) is 0 Å². The van der Waals surface area contributed by atoms with Gasteiger partial charge in [-0.2, -0.15) is 11.8 Å². The molecule has 2 aromatic rings. The number of thioether (sulfide) groups is 1. The lowest BCUT2D eigenvalue weighted by atomic mass is 10.2. The molecule has 1 heterocycles. The lowest BCUT2D eigenvalue weighted by Crippen LogP contribution is -2.22. The van der Waals surface area contributed by atoms with Crippen LogP contribution in [0.25, 0.3) is 0 Å². The number of aromatic nitrogens is 3. The first kappa shape index (κ1) is 13.6. The minimum absolute atomic E-state index is 0.0787. The van der Waals surface area contributed by atoms with Crippen LogP contribution in [0.15, 0.2) is 36.7 Å². The minimum Gasteiger partial charge on any atom is -0.292 e. The van der Waals surface area contributed by atoms with Gasteiger partial charge in [0.15, 0.2) is 0 Å². The second-order valence-corrected chi connectivity index (χ2v) is 5.30. The average molecular weight is 276 g/mol. The molecule has 0 aliphatic carbocycles. The molecular formula is C13H16N4OS. The number of benzene rings is 1. The standard InChI is InChI=1S/C13H16N4OS/c1-10(19-2)12(18)15-13-14-9-17(16-13)8-11-6-4-3-5-7-11/h3-7,9-10H,8H2,1-2H3,(H,15,16,18). The van der Waals surface area contributed by atoms with Crippen LogP contribution in [-0.2, 0) is 11.3 Å². The van der Waals surface area contributed by atoms with E-state index in [2.05, 4.69) is 15.4 Å². The quantitative estimate of drug-likeness (QED) is 0.907. The van der Waals surface area contributed by atoms with E-state index in [1.807, 2.05) is 43.5 Å². The topological polar surface area (TPSA) is 59.8 Å². The molecule has 0 saturated carbocycles. The Morgan fingerprint density at radius 2 is 2.16 bits per heavy atom. The molecule has 5 nitrogen and oxygen atoms in total. The predicted molar refractivity (Wildman–Crippen MR) is 77.2 cm³/mol. The Morgan fingerprint density at radius 3 is 2.84 bits per heavy atom. The van der Waals surface area contributed by atoms with Crippen molar-refractivity contribution in [3.8, 4) is 0 Å². The van der Waals surface area contributed by atoms with Crippen LogP contribution in [-0.4, -0.2) is 32.2 Å². The molecule has 0 bridgehead atoms. The highest BCUT2D eigenvalue weighted by Gasteiger charge is 2.13. The summed E-state index contributed by atoms with van der Waals surface area (Å²) < 4.78 is 1.70. The Labute approximate surface area is 116 Å².